The van der Waals surface area contributed by atoms with Crippen LogP contribution in [0, 0.1) is 5.92 Å². The zero-order chi connectivity index (χ0) is 31.9. The second kappa shape index (κ2) is 15.8. The summed E-state index contributed by atoms with van der Waals surface area (Å²) in [6.45, 7) is 4.52. The van der Waals surface area contributed by atoms with Crippen LogP contribution >= 0.6 is 47.2 Å². The first kappa shape index (κ1) is 33.7. The van der Waals surface area contributed by atoms with Crippen molar-refractivity contribution in [2.75, 3.05) is 46.0 Å². The van der Waals surface area contributed by atoms with Gasteiger partial charge in [-0.25, -0.2) is 0 Å². The lowest BCUT2D eigenvalue weighted by Gasteiger charge is -2.27. The molecular formula is C32H35Cl2N3O6S2. The van der Waals surface area contributed by atoms with Crippen LogP contribution in [0.1, 0.15) is 37.7 Å². The normalized spacial score (nSPS) is 21.7. The SMILES string of the molecule is O=C(CCN1C(=O)/C(=C/c2cc(-c3ccc(Cl)c(Cl)c3)ccc2OCCN2CCOCC2)SC1=S)NC1CCC(C(=O)O)CC1. The molecule has 5 rings (SSSR count). The number of aliphatic carboxylic acids is 1. The number of amides is 2. The van der Waals surface area contributed by atoms with Crippen LogP contribution in [0.25, 0.3) is 17.2 Å². The molecule has 0 spiro atoms. The number of nitrogens with one attached hydrogen (secondary N) is 1. The van der Waals surface area contributed by atoms with Gasteiger partial charge in [-0.1, -0.05) is 59.3 Å². The number of thioether (sulfide) groups is 1. The van der Waals surface area contributed by atoms with Gasteiger partial charge in [0.25, 0.3) is 5.91 Å². The first-order valence-corrected chi connectivity index (χ1v) is 17.0. The van der Waals surface area contributed by atoms with Crippen molar-refractivity contribution in [2.45, 2.75) is 38.1 Å². The summed E-state index contributed by atoms with van der Waals surface area (Å²) >= 11 is 19.2. The van der Waals surface area contributed by atoms with Crippen molar-refractivity contribution in [3.05, 3.63) is 56.9 Å². The van der Waals surface area contributed by atoms with E-state index < -0.39 is 5.97 Å². The maximum absolute atomic E-state index is 13.5. The van der Waals surface area contributed by atoms with Crippen LogP contribution in [0.15, 0.2) is 41.3 Å². The standard InChI is InChI=1S/C32H35Cl2N3O6S2/c33-25-7-3-22(18-26(25)34)21-4-8-27(43-16-13-36-11-14-42-15-12-36)23(17-21)19-28-30(39)37(32(44)45-28)10-9-29(38)35-24-5-1-20(2-6-24)31(40)41/h3-4,7-8,17-20,24H,1-2,5-6,9-16H2,(H,35,38)(H,40,41)/b28-19-. The molecule has 2 aliphatic heterocycles. The lowest BCUT2D eigenvalue weighted by molar-refractivity contribution is -0.142. The Labute approximate surface area is 282 Å². The third-order valence-electron chi connectivity index (χ3n) is 8.20. The molecule has 240 valence electrons. The summed E-state index contributed by atoms with van der Waals surface area (Å²) in [5.74, 6) is -0.944. The minimum Gasteiger partial charge on any atom is -0.492 e. The van der Waals surface area contributed by atoms with E-state index in [-0.39, 0.29) is 36.7 Å². The quantitative estimate of drug-likeness (QED) is 0.226. The maximum atomic E-state index is 13.5. The molecule has 9 nitrogen and oxygen atoms in total. The minimum absolute atomic E-state index is 0.0522. The Bertz CT molecular complexity index is 1470. The van der Waals surface area contributed by atoms with Crippen LogP contribution in [0.5, 0.6) is 5.75 Å². The van der Waals surface area contributed by atoms with Gasteiger partial charge in [-0.15, -0.1) is 0 Å². The van der Waals surface area contributed by atoms with Crippen molar-refractivity contribution in [3.8, 4) is 16.9 Å². The molecule has 2 saturated heterocycles. The summed E-state index contributed by atoms with van der Waals surface area (Å²) in [6.07, 6.45) is 4.23. The number of carboxylic acids is 1. The number of nitrogens with zero attached hydrogens (tertiary/aromatic N) is 2. The number of rotatable bonds is 11. The van der Waals surface area contributed by atoms with Crippen molar-refractivity contribution in [3.63, 3.8) is 0 Å². The molecule has 3 fully saturated rings. The van der Waals surface area contributed by atoms with Gasteiger partial charge in [0.1, 0.15) is 16.7 Å². The molecule has 2 heterocycles. The predicted octanol–water partition coefficient (Wildman–Crippen LogP) is 5.72. The monoisotopic (exact) mass is 691 g/mol. The fourth-order valence-electron chi connectivity index (χ4n) is 5.59. The highest BCUT2D eigenvalue weighted by Gasteiger charge is 2.33. The van der Waals surface area contributed by atoms with Crippen LogP contribution in [0.4, 0.5) is 0 Å². The Balaban J connectivity index is 1.26. The first-order chi connectivity index (χ1) is 21.7. The summed E-state index contributed by atoms with van der Waals surface area (Å²) in [7, 11) is 0. The van der Waals surface area contributed by atoms with Gasteiger partial charge in [0.2, 0.25) is 5.91 Å². The van der Waals surface area contributed by atoms with E-state index >= 15 is 0 Å². The van der Waals surface area contributed by atoms with E-state index in [4.69, 9.17) is 44.9 Å². The molecule has 3 aliphatic rings. The fraction of sp³-hybridized carbons (Fsp3) is 0.438. The molecule has 45 heavy (non-hydrogen) atoms. The highest BCUT2D eigenvalue weighted by atomic mass is 35.5. The van der Waals surface area contributed by atoms with Crippen molar-refractivity contribution >= 4 is 75.4 Å². The third-order valence-corrected chi connectivity index (χ3v) is 10.3. The zero-order valence-corrected chi connectivity index (χ0v) is 27.8. The number of carbonyl (C=O) groups excluding carboxylic acids is 2. The van der Waals surface area contributed by atoms with Crippen molar-refractivity contribution in [2.24, 2.45) is 5.92 Å². The van der Waals surface area contributed by atoms with Gasteiger partial charge in [-0.3, -0.25) is 24.2 Å². The van der Waals surface area contributed by atoms with E-state index in [1.807, 2.05) is 24.3 Å². The van der Waals surface area contributed by atoms with Crippen LogP contribution in [-0.2, 0) is 19.1 Å². The molecule has 0 unspecified atom stereocenters. The van der Waals surface area contributed by atoms with Gasteiger partial charge in [-0.2, -0.15) is 0 Å². The van der Waals surface area contributed by atoms with E-state index in [0.29, 0.717) is 70.5 Å². The number of hydrogen-bond donors (Lipinski definition) is 2. The van der Waals surface area contributed by atoms with E-state index in [1.54, 1.807) is 18.2 Å². The van der Waals surface area contributed by atoms with E-state index in [9.17, 15) is 19.5 Å². The Hall–Kier alpha value is -2.67. The molecule has 1 aliphatic carbocycles. The number of hydrogen-bond acceptors (Lipinski definition) is 8. The van der Waals surface area contributed by atoms with Crippen LogP contribution < -0.4 is 10.1 Å². The first-order valence-electron chi connectivity index (χ1n) is 15.0. The largest absolute Gasteiger partial charge is 0.492 e. The molecule has 2 aromatic rings. The molecule has 0 aromatic heterocycles. The highest BCUT2D eigenvalue weighted by Crippen LogP contribution is 2.37. The van der Waals surface area contributed by atoms with E-state index in [2.05, 4.69) is 10.2 Å². The van der Waals surface area contributed by atoms with Crippen molar-refractivity contribution in [1.29, 1.82) is 0 Å². The third kappa shape index (κ3) is 8.99. The predicted molar refractivity (Wildman–Crippen MR) is 181 cm³/mol. The topological polar surface area (TPSA) is 108 Å². The Morgan fingerprint density at radius 2 is 1.76 bits per heavy atom. The van der Waals surface area contributed by atoms with Gasteiger partial charge in [0, 0.05) is 44.2 Å². The lowest BCUT2D eigenvalue weighted by Crippen LogP contribution is -2.40. The summed E-state index contributed by atoms with van der Waals surface area (Å²) in [4.78, 5) is 41.5. The summed E-state index contributed by atoms with van der Waals surface area (Å²) in [6, 6.07) is 11.1. The molecular weight excluding hydrogens is 657 g/mol. The van der Waals surface area contributed by atoms with Gasteiger partial charge >= 0.3 is 5.97 Å². The highest BCUT2D eigenvalue weighted by molar-refractivity contribution is 8.26. The van der Waals surface area contributed by atoms with Gasteiger partial charge in [0.05, 0.1) is 34.1 Å². The fourth-order valence-corrected chi connectivity index (χ4v) is 7.19. The average Bonchev–Trinajstić information content (AvgIpc) is 3.30. The van der Waals surface area contributed by atoms with E-state index in [1.165, 1.54) is 16.7 Å². The summed E-state index contributed by atoms with van der Waals surface area (Å²) in [5.41, 5.74) is 2.47. The number of morpholine rings is 1. The second-order valence-electron chi connectivity index (χ2n) is 11.2. The smallest absolute Gasteiger partial charge is 0.306 e. The number of thiocarbonyl (C=S) groups is 1. The molecule has 0 bridgehead atoms. The van der Waals surface area contributed by atoms with Crippen LogP contribution in [0.2, 0.25) is 10.0 Å². The molecule has 2 aromatic carbocycles. The summed E-state index contributed by atoms with van der Waals surface area (Å²) in [5, 5.41) is 13.1. The van der Waals surface area contributed by atoms with Crippen LogP contribution in [-0.4, -0.2) is 89.1 Å². The second-order valence-corrected chi connectivity index (χ2v) is 13.7. The maximum Gasteiger partial charge on any atom is 0.306 e. The molecule has 0 atom stereocenters. The van der Waals surface area contributed by atoms with Crippen molar-refractivity contribution in [1.82, 2.24) is 15.1 Å². The molecule has 0 radical (unpaired) electrons. The van der Waals surface area contributed by atoms with Crippen LogP contribution in [0.3, 0.4) is 0 Å². The molecule has 1 saturated carbocycles. The Kier molecular flexibility index (Phi) is 11.8. The Morgan fingerprint density at radius 1 is 1.04 bits per heavy atom. The number of carbonyl (C=O) groups is 3. The van der Waals surface area contributed by atoms with Gasteiger partial charge < -0.3 is 19.9 Å². The van der Waals surface area contributed by atoms with E-state index in [0.717, 1.165) is 36.3 Å². The minimum atomic E-state index is -0.782. The number of ether oxygens (including phenoxy) is 2. The average molecular weight is 693 g/mol. The molecule has 2 N–H and O–H groups in total. The lowest BCUT2D eigenvalue weighted by atomic mass is 9.86. The number of carboxylic acid groups (broad SMARTS) is 1. The number of benzene rings is 2. The molecule has 2 amide bonds. The van der Waals surface area contributed by atoms with Gasteiger partial charge in [-0.05, 0) is 67.2 Å². The Morgan fingerprint density at radius 3 is 2.47 bits per heavy atom. The van der Waals surface area contributed by atoms with Gasteiger partial charge in [0.15, 0.2) is 0 Å². The van der Waals surface area contributed by atoms with Crippen molar-refractivity contribution < 1.29 is 29.0 Å². The summed E-state index contributed by atoms with van der Waals surface area (Å²) < 4.78 is 12.0. The molecule has 13 heteroatoms. The zero-order valence-electron chi connectivity index (χ0n) is 24.6. The number of halogens is 2.